The number of nitrogens with one attached hydrogen (secondary N) is 1. The van der Waals surface area contributed by atoms with Gasteiger partial charge in [0, 0.05) is 12.6 Å². The number of aliphatic hydroxyl groups excluding tert-OH is 1. The van der Waals surface area contributed by atoms with Crippen molar-refractivity contribution < 1.29 is 23.1 Å². The Hall–Kier alpha value is -0.520. The van der Waals surface area contributed by atoms with Crippen molar-refractivity contribution in [1.82, 2.24) is 4.72 Å². The predicted octanol–water partition coefficient (Wildman–Crippen LogP) is 0.284. The van der Waals surface area contributed by atoms with Crippen molar-refractivity contribution in [2.45, 2.75) is 24.0 Å². The van der Waals surface area contributed by atoms with Crippen molar-refractivity contribution in [2.24, 2.45) is 5.73 Å². The Kier molecular flexibility index (Phi) is 6.10. The van der Waals surface area contributed by atoms with Gasteiger partial charge in [0.25, 0.3) is 0 Å². The highest BCUT2D eigenvalue weighted by Gasteiger charge is 2.24. The van der Waals surface area contributed by atoms with Gasteiger partial charge in [-0.2, -0.15) is 0 Å². The molecule has 0 saturated carbocycles. The molecule has 1 aromatic rings. The average molecular weight is 387 g/mol. The van der Waals surface area contributed by atoms with E-state index in [2.05, 4.69) is 25.4 Å². The standard InChI is InChI=1S/C10H15BrN2O5S2/c1-5(14)6(12)4-13-20(16,17)8-3-7(10(15)18-2)19-9(8)11/h3,5-6,13-14H,4,12H2,1-2H3. The second kappa shape index (κ2) is 6.96. The van der Waals surface area contributed by atoms with Gasteiger partial charge in [0.2, 0.25) is 10.0 Å². The SMILES string of the molecule is COC(=O)c1cc(S(=O)(=O)NCC(N)C(C)O)c(Br)s1. The van der Waals surface area contributed by atoms with Crippen LogP contribution in [0, 0.1) is 0 Å². The topological polar surface area (TPSA) is 119 Å². The summed E-state index contributed by atoms with van der Waals surface area (Å²) in [5.74, 6) is -0.613. The van der Waals surface area contributed by atoms with Crippen LogP contribution in [0.15, 0.2) is 14.7 Å². The molecule has 114 valence electrons. The van der Waals surface area contributed by atoms with Crippen molar-refractivity contribution >= 4 is 43.3 Å². The monoisotopic (exact) mass is 386 g/mol. The van der Waals surface area contributed by atoms with Crippen molar-refractivity contribution in [3.63, 3.8) is 0 Å². The van der Waals surface area contributed by atoms with Gasteiger partial charge < -0.3 is 15.6 Å². The number of sulfonamides is 1. The molecule has 0 spiro atoms. The number of halogens is 1. The van der Waals surface area contributed by atoms with E-state index >= 15 is 0 Å². The lowest BCUT2D eigenvalue weighted by Crippen LogP contribution is -2.43. The van der Waals surface area contributed by atoms with Crippen LogP contribution in [-0.2, 0) is 14.8 Å². The molecule has 1 rings (SSSR count). The molecule has 0 aliphatic heterocycles. The first kappa shape index (κ1) is 17.5. The fraction of sp³-hybridized carbons (Fsp3) is 0.500. The summed E-state index contributed by atoms with van der Waals surface area (Å²) in [6.45, 7) is 1.35. The molecule has 4 N–H and O–H groups in total. The lowest BCUT2D eigenvalue weighted by molar-refractivity contribution is 0.0606. The Morgan fingerprint density at radius 2 is 2.25 bits per heavy atom. The Morgan fingerprint density at radius 1 is 1.65 bits per heavy atom. The Balaban J connectivity index is 2.93. The summed E-state index contributed by atoms with van der Waals surface area (Å²) < 4.78 is 31.3. The number of hydrogen-bond donors (Lipinski definition) is 3. The molecule has 2 unspecified atom stereocenters. The molecule has 0 bridgehead atoms. The number of rotatable bonds is 6. The van der Waals surface area contributed by atoms with Crippen LogP contribution in [-0.4, -0.2) is 45.3 Å². The lowest BCUT2D eigenvalue weighted by atomic mass is 10.2. The highest BCUT2D eigenvalue weighted by Crippen LogP contribution is 2.31. The third kappa shape index (κ3) is 4.24. The molecule has 0 aliphatic carbocycles. The van der Waals surface area contributed by atoms with Crippen LogP contribution in [0.2, 0.25) is 0 Å². The summed E-state index contributed by atoms with van der Waals surface area (Å²) in [6.07, 6.45) is -0.839. The molecule has 0 saturated heterocycles. The number of methoxy groups -OCH3 is 1. The van der Waals surface area contributed by atoms with Gasteiger partial charge in [-0.25, -0.2) is 17.9 Å². The minimum Gasteiger partial charge on any atom is -0.465 e. The molecule has 20 heavy (non-hydrogen) atoms. The molecule has 0 radical (unpaired) electrons. The van der Waals surface area contributed by atoms with Gasteiger partial charge in [0.05, 0.1) is 17.0 Å². The van der Waals surface area contributed by atoms with Crippen molar-refractivity contribution in [1.29, 1.82) is 0 Å². The largest absolute Gasteiger partial charge is 0.465 e. The second-order valence-corrected chi connectivity index (χ2v) is 8.10. The van der Waals surface area contributed by atoms with E-state index in [1.807, 2.05) is 0 Å². The normalized spacial score (nSPS) is 14.8. The Labute approximate surface area is 129 Å². The van der Waals surface area contributed by atoms with E-state index in [0.29, 0.717) is 0 Å². The quantitative estimate of drug-likeness (QED) is 0.604. The van der Waals surface area contributed by atoms with Gasteiger partial charge in [-0.05, 0) is 28.9 Å². The molecule has 10 heteroatoms. The van der Waals surface area contributed by atoms with Crippen LogP contribution in [0.3, 0.4) is 0 Å². The maximum absolute atomic E-state index is 12.1. The molecule has 0 amide bonds. The highest BCUT2D eigenvalue weighted by atomic mass is 79.9. The third-order valence-electron chi connectivity index (χ3n) is 2.46. The maximum Gasteiger partial charge on any atom is 0.348 e. The summed E-state index contributed by atoms with van der Waals surface area (Å²) >= 11 is 4.05. The first-order chi connectivity index (χ1) is 9.19. The zero-order valence-corrected chi connectivity index (χ0v) is 14.0. The number of thiophene rings is 1. The number of nitrogens with two attached hydrogens (primary N) is 1. The van der Waals surface area contributed by atoms with E-state index in [9.17, 15) is 18.3 Å². The smallest absolute Gasteiger partial charge is 0.348 e. The number of esters is 1. The minimum atomic E-state index is -3.83. The number of carbonyl (C=O) groups is 1. The Morgan fingerprint density at radius 3 is 2.75 bits per heavy atom. The number of ether oxygens (including phenoxy) is 1. The maximum atomic E-state index is 12.1. The van der Waals surface area contributed by atoms with Gasteiger partial charge in [0.15, 0.2) is 0 Å². The molecular weight excluding hydrogens is 372 g/mol. The second-order valence-electron chi connectivity index (χ2n) is 4.00. The molecule has 0 aromatic carbocycles. The van der Waals surface area contributed by atoms with Gasteiger partial charge >= 0.3 is 5.97 Å². The highest BCUT2D eigenvalue weighted by molar-refractivity contribution is 9.11. The molecule has 1 heterocycles. The first-order valence-corrected chi connectivity index (χ1v) is 8.59. The zero-order valence-electron chi connectivity index (χ0n) is 10.8. The van der Waals surface area contributed by atoms with Gasteiger partial charge in [0.1, 0.15) is 9.77 Å². The van der Waals surface area contributed by atoms with E-state index in [1.165, 1.54) is 20.1 Å². The summed E-state index contributed by atoms with van der Waals surface area (Å²) in [5.41, 5.74) is 5.55. The molecule has 2 atom stereocenters. The van der Waals surface area contributed by atoms with Crippen molar-refractivity contribution in [3.05, 3.63) is 14.7 Å². The van der Waals surface area contributed by atoms with Crippen molar-refractivity contribution in [3.8, 4) is 0 Å². The molecule has 7 nitrogen and oxygen atoms in total. The van der Waals surface area contributed by atoms with E-state index in [4.69, 9.17) is 5.73 Å². The van der Waals surface area contributed by atoms with Crippen LogP contribution in [0.25, 0.3) is 0 Å². The Bertz CT molecular complexity index is 584. The zero-order chi connectivity index (χ0) is 15.5. The first-order valence-electron chi connectivity index (χ1n) is 5.50. The average Bonchev–Trinajstić information content (AvgIpc) is 2.77. The van der Waals surface area contributed by atoms with Crippen LogP contribution < -0.4 is 10.5 Å². The molecule has 0 fully saturated rings. The molecule has 1 aromatic heterocycles. The lowest BCUT2D eigenvalue weighted by Gasteiger charge is -2.15. The van der Waals surface area contributed by atoms with Crippen LogP contribution in [0.4, 0.5) is 0 Å². The molecule has 0 aliphatic rings. The van der Waals surface area contributed by atoms with Crippen LogP contribution >= 0.6 is 27.3 Å². The number of hydrogen-bond acceptors (Lipinski definition) is 7. The van der Waals surface area contributed by atoms with Crippen molar-refractivity contribution in [2.75, 3.05) is 13.7 Å². The van der Waals surface area contributed by atoms with Gasteiger partial charge in [-0.15, -0.1) is 11.3 Å². The van der Waals surface area contributed by atoms with E-state index in [-0.39, 0.29) is 20.1 Å². The van der Waals surface area contributed by atoms with Gasteiger partial charge in [-0.3, -0.25) is 0 Å². The third-order valence-corrected chi connectivity index (χ3v) is 6.12. The number of aliphatic hydroxyl groups is 1. The minimum absolute atomic E-state index is 0.0688. The van der Waals surface area contributed by atoms with Crippen LogP contribution in [0.1, 0.15) is 16.6 Å². The fourth-order valence-electron chi connectivity index (χ4n) is 1.19. The summed E-state index contributed by atoms with van der Waals surface area (Å²) in [7, 11) is -2.61. The van der Waals surface area contributed by atoms with E-state index in [0.717, 1.165) is 11.3 Å². The van der Waals surface area contributed by atoms with E-state index in [1.54, 1.807) is 0 Å². The van der Waals surface area contributed by atoms with E-state index < -0.39 is 28.1 Å². The van der Waals surface area contributed by atoms with Gasteiger partial charge in [-0.1, -0.05) is 0 Å². The summed E-state index contributed by atoms with van der Waals surface area (Å²) in [5, 5.41) is 9.22. The predicted molar refractivity (Wildman–Crippen MR) is 78.2 cm³/mol. The fourth-order valence-corrected chi connectivity index (χ4v) is 4.74. The summed E-state index contributed by atoms with van der Waals surface area (Å²) in [4.78, 5) is 11.5. The molecular formula is C10H15BrN2O5S2. The number of carbonyl (C=O) groups excluding carboxylic acids is 1. The summed E-state index contributed by atoms with van der Waals surface area (Å²) in [6, 6.07) is 0.499. The van der Waals surface area contributed by atoms with Crippen LogP contribution in [0.5, 0.6) is 0 Å².